The van der Waals surface area contributed by atoms with E-state index in [2.05, 4.69) is 34.1 Å². The van der Waals surface area contributed by atoms with Crippen LogP contribution in [0.2, 0.25) is 0 Å². The van der Waals surface area contributed by atoms with E-state index < -0.39 is 0 Å². The number of hydrogen-bond donors (Lipinski definition) is 1. The summed E-state index contributed by atoms with van der Waals surface area (Å²) in [6.07, 6.45) is 7.34. The summed E-state index contributed by atoms with van der Waals surface area (Å²) in [5.74, 6) is 1.53. The van der Waals surface area contributed by atoms with Gasteiger partial charge in [0.15, 0.2) is 11.6 Å². The number of aromatic nitrogens is 4. The van der Waals surface area contributed by atoms with E-state index in [0.29, 0.717) is 5.82 Å². The molecule has 5 heteroatoms. The third kappa shape index (κ3) is 2.72. The Labute approximate surface area is 119 Å². The van der Waals surface area contributed by atoms with Crippen LogP contribution in [0.3, 0.4) is 0 Å². The average molecular weight is 271 g/mol. The molecule has 1 aliphatic carbocycles. The highest BCUT2D eigenvalue weighted by molar-refractivity contribution is 5.46. The Balaban J connectivity index is 1.80. The molecule has 0 aromatic carbocycles. The van der Waals surface area contributed by atoms with Crippen molar-refractivity contribution in [2.75, 3.05) is 6.54 Å². The van der Waals surface area contributed by atoms with Gasteiger partial charge in [-0.15, -0.1) is 0 Å². The highest BCUT2D eigenvalue weighted by Gasteiger charge is 2.20. The number of nitrogens with one attached hydrogen (secondary N) is 1. The van der Waals surface area contributed by atoms with Crippen LogP contribution in [0.15, 0.2) is 12.4 Å². The van der Waals surface area contributed by atoms with Gasteiger partial charge >= 0.3 is 0 Å². The summed E-state index contributed by atoms with van der Waals surface area (Å²) >= 11 is 0. The maximum absolute atomic E-state index is 4.63. The van der Waals surface area contributed by atoms with Crippen LogP contribution < -0.4 is 5.32 Å². The van der Waals surface area contributed by atoms with E-state index >= 15 is 0 Å². The van der Waals surface area contributed by atoms with Crippen molar-refractivity contribution in [3.05, 3.63) is 29.3 Å². The summed E-state index contributed by atoms with van der Waals surface area (Å²) in [5.41, 5.74) is 3.39. The molecule has 0 saturated heterocycles. The van der Waals surface area contributed by atoms with Crippen molar-refractivity contribution in [1.82, 2.24) is 24.8 Å². The van der Waals surface area contributed by atoms with Crippen LogP contribution in [-0.4, -0.2) is 32.1 Å². The van der Waals surface area contributed by atoms with Crippen molar-refractivity contribution in [2.45, 2.75) is 39.2 Å². The molecule has 0 unspecified atom stereocenters. The Morgan fingerprint density at radius 3 is 2.50 bits per heavy atom. The lowest BCUT2D eigenvalue weighted by molar-refractivity contribution is 0.675. The van der Waals surface area contributed by atoms with Crippen molar-refractivity contribution >= 4 is 0 Å². The Kier molecular flexibility index (Phi) is 3.53. The second-order valence-corrected chi connectivity index (χ2v) is 5.54. The first-order chi connectivity index (χ1) is 9.65. The van der Waals surface area contributed by atoms with E-state index in [4.69, 9.17) is 0 Å². The highest BCUT2D eigenvalue weighted by Crippen LogP contribution is 2.20. The number of nitrogens with zero attached hydrogens (tertiary/aromatic N) is 4. The summed E-state index contributed by atoms with van der Waals surface area (Å²) in [6, 6.07) is 0.753. The first-order valence-electron chi connectivity index (χ1n) is 7.20. The summed E-state index contributed by atoms with van der Waals surface area (Å²) in [6.45, 7) is 5.14. The molecule has 1 fully saturated rings. The summed E-state index contributed by atoms with van der Waals surface area (Å²) in [4.78, 5) is 13.6. The van der Waals surface area contributed by atoms with E-state index in [0.717, 1.165) is 36.2 Å². The summed E-state index contributed by atoms with van der Waals surface area (Å²) < 4.78 is 1.95. The van der Waals surface area contributed by atoms with Gasteiger partial charge in [0.25, 0.3) is 0 Å². The van der Waals surface area contributed by atoms with Crippen LogP contribution in [0.1, 0.15) is 29.8 Å². The molecule has 1 aliphatic rings. The fraction of sp³-hybridized carbons (Fsp3) is 0.533. The molecule has 106 valence electrons. The molecule has 5 nitrogen and oxygen atoms in total. The minimum atomic E-state index is 0.714. The molecule has 2 aromatic heterocycles. The predicted octanol–water partition coefficient (Wildman–Crippen LogP) is 1.79. The second-order valence-electron chi connectivity index (χ2n) is 5.54. The van der Waals surface area contributed by atoms with Gasteiger partial charge < -0.3 is 9.88 Å². The fourth-order valence-corrected chi connectivity index (χ4v) is 2.47. The van der Waals surface area contributed by atoms with Crippen LogP contribution >= 0.6 is 0 Å². The van der Waals surface area contributed by atoms with Crippen LogP contribution in [0.25, 0.3) is 11.6 Å². The fourth-order valence-electron chi connectivity index (χ4n) is 2.47. The summed E-state index contributed by atoms with van der Waals surface area (Å²) in [5, 5.41) is 3.54. The smallest absolute Gasteiger partial charge is 0.196 e. The van der Waals surface area contributed by atoms with Crippen LogP contribution in [0.4, 0.5) is 0 Å². The molecule has 1 N–H and O–H groups in total. The van der Waals surface area contributed by atoms with Crippen LogP contribution in [-0.2, 0) is 13.5 Å². The topological polar surface area (TPSA) is 55.6 Å². The van der Waals surface area contributed by atoms with Crippen LogP contribution in [0, 0.1) is 13.8 Å². The molecule has 2 aromatic rings. The van der Waals surface area contributed by atoms with Gasteiger partial charge in [0.1, 0.15) is 0 Å². The summed E-state index contributed by atoms with van der Waals surface area (Å²) in [7, 11) is 1.96. The maximum Gasteiger partial charge on any atom is 0.196 e. The molecule has 2 heterocycles. The number of imidazole rings is 1. The molecule has 0 radical (unpaired) electrons. The van der Waals surface area contributed by atoms with Crippen molar-refractivity contribution in [2.24, 2.45) is 7.05 Å². The van der Waals surface area contributed by atoms with Crippen LogP contribution in [0.5, 0.6) is 0 Å². The Morgan fingerprint density at radius 2 is 1.95 bits per heavy atom. The molecule has 0 bridgehead atoms. The minimum absolute atomic E-state index is 0.714. The third-order valence-corrected chi connectivity index (χ3v) is 3.83. The maximum atomic E-state index is 4.63. The minimum Gasteiger partial charge on any atom is -0.331 e. The number of aryl methyl sites for hydroxylation is 3. The first kappa shape index (κ1) is 13.2. The first-order valence-corrected chi connectivity index (χ1v) is 7.20. The van der Waals surface area contributed by atoms with Gasteiger partial charge in [-0.05, 0) is 45.2 Å². The van der Waals surface area contributed by atoms with E-state index in [9.17, 15) is 0 Å². The highest BCUT2D eigenvalue weighted by atomic mass is 15.1. The van der Waals surface area contributed by atoms with Gasteiger partial charge in [0, 0.05) is 36.9 Å². The molecule has 0 aliphatic heterocycles. The zero-order valence-corrected chi connectivity index (χ0v) is 12.3. The SMILES string of the molecule is Cc1nc(-c2nccn2C)nc(C)c1CCNC1CC1. The molecule has 1 saturated carbocycles. The molecule has 20 heavy (non-hydrogen) atoms. The van der Waals surface area contributed by atoms with E-state index in [1.807, 2.05) is 17.8 Å². The van der Waals surface area contributed by atoms with Crippen molar-refractivity contribution in [3.8, 4) is 11.6 Å². The normalized spacial score (nSPS) is 14.8. The van der Waals surface area contributed by atoms with Gasteiger partial charge in [-0.2, -0.15) is 0 Å². The Hall–Kier alpha value is -1.75. The van der Waals surface area contributed by atoms with Crippen molar-refractivity contribution < 1.29 is 0 Å². The second kappa shape index (κ2) is 5.32. The molecule has 0 spiro atoms. The third-order valence-electron chi connectivity index (χ3n) is 3.83. The lowest BCUT2D eigenvalue weighted by atomic mass is 10.1. The molecule has 0 atom stereocenters. The average Bonchev–Trinajstić information content (AvgIpc) is 3.13. The van der Waals surface area contributed by atoms with E-state index in [-0.39, 0.29) is 0 Å². The Morgan fingerprint density at radius 1 is 1.25 bits per heavy atom. The molecule has 3 rings (SSSR count). The molecular weight excluding hydrogens is 250 g/mol. The van der Waals surface area contributed by atoms with Gasteiger partial charge in [0.05, 0.1) is 0 Å². The Bertz CT molecular complexity index is 589. The van der Waals surface area contributed by atoms with Crippen molar-refractivity contribution in [3.63, 3.8) is 0 Å². The van der Waals surface area contributed by atoms with Crippen molar-refractivity contribution in [1.29, 1.82) is 0 Å². The number of hydrogen-bond acceptors (Lipinski definition) is 4. The zero-order chi connectivity index (χ0) is 14.1. The van der Waals surface area contributed by atoms with E-state index in [1.165, 1.54) is 18.4 Å². The van der Waals surface area contributed by atoms with E-state index in [1.54, 1.807) is 6.20 Å². The molecular formula is C15H21N5. The molecule has 0 amide bonds. The quantitative estimate of drug-likeness (QED) is 0.900. The monoisotopic (exact) mass is 271 g/mol. The van der Waals surface area contributed by atoms with Gasteiger partial charge in [0.2, 0.25) is 0 Å². The van der Waals surface area contributed by atoms with Gasteiger partial charge in [-0.1, -0.05) is 0 Å². The van der Waals surface area contributed by atoms with Gasteiger partial charge in [-0.25, -0.2) is 15.0 Å². The lowest BCUT2D eigenvalue weighted by Crippen LogP contribution is -2.20. The predicted molar refractivity (Wildman–Crippen MR) is 78.4 cm³/mol. The largest absolute Gasteiger partial charge is 0.331 e. The number of rotatable bonds is 5. The lowest BCUT2D eigenvalue weighted by Gasteiger charge is -2.11. The standard InChI is InChI=1S/C15H21N5/c1-10-13(6-7-16-12-4-5-12)11(2)19-14(18-10)15-17-8-9-20(15)3/h8-9,12,16H,4-7H2,1-3H3. The zero-order valence-electron chi connectivity index (χ0n) is 12.3. The van der Waals surface area contributed by atoms with Gasteiger partial charge in [-0.3, -0.25) is 0 Å².